The van der Waals surface area contributed by atoms with Gasteiger partial charge in [-0.05, 0) is 29.8 Å². The number of alkyl halides is 3. The number of aromatic amines is 1. The minimum absolute atomic E-state index is 0.404. The van der Waals surface area contributed by atoms with Crippen LogP contribution in [0.5, 0.6) is 0 Å². The maximum Gasteiger partial charge on any atom is 0.417 e. The lowest BCUT2D eigenvalue weighted by atomic mass is 10.1. The van der Waals surface area contributed by atoms with Gasteiger partial charge in [0.15, 0.2) is 0 Å². The van der Waals surface area contributed by atoms with Crippen LogP contribution >= 0.6 is 0 Å². The van der Waals surface area contributed by atoms with Gasteiger partial charge >= 0.3 is 6.18 Å². The van der Waals surface area contributed by atoms with E-state index in [1.54, 1.807) is 6.20 Å². The molecule has 0 aliphatic rings. The fourth-order valence-electron chi connectivity index (χ4n) is 2.13. The fraction of sp³-hybridized carbons (Fsp3) is 0.200. The molecule has 0 saturated carbocycles. The summed E-state index contributed by atoms with van der Waals surface area (Å²) < 4.78 is 37.3. The van der Waals surface area contributed by atoms with Crippen LogP contribution < -0.4 is 5.32 Å². The molecular formula is C15H13F3N4. The van der Waals surface area contributed by atoms with Gasteiger partial charge in [0.2, 0.25) is 0 Å². The Morgan fingerprint density at radius 3 is 2.64 bits per heavy atom. The Balaban J connectivity index is 1.58. The molecule has 2 aromatic heterocycles. The van der Waals surface area contributed by atoms with Crippen molar-refractivity contribution in [3.63, 3.8) is 0 Å². The number of nitrogens with one attached hydrogen (secondary N) is 2. The molecule has 3 aromatic rings. The van der Waals surface area contributed by atoms with Gasteiger partial charge in [-0.2, -0.15) is 18.3 Å². The monoisotopic (exact) mass is 306 g/mol. The molecule has 22 heavy (non-hydrogen) atoms. The number of pyridine rings is 1. The van der Waals surface area contributed by atoms with Gasteiger partial charge in [-0.3, -0.25) is 10.1 Å². The number of nitrogens with zero attached hydrogens (tertiary/aromatic N) is 2. The molecule has 0 unspecified atom stereocenters. The van der Waals surface area contributed by atoms with Gasteiger partial charge in [0.05, 0.1) is 23.0 Å². The highest BCUT2D eigenvalue weighted by atomic mass is 19.4. The highest BCUT2D eigenvalue weighted by molar-refractivity contribution is 5.78. The largest absolute Gasteiger partial charge is 0.417 e. The van der Waals surface area contributed by atoms with E-state index in [-0.39, 0.29) is 0 Å². The van der Waals surface area contributed by atoms with Crippen molar-refractivity contribution in [2.45, 2.75) is 19.3 Å². The van der Waals surface area contributed by atoms with Crippen LogP contribution in [-0.2, 0) is 19.3 Å². The summed E-state index contributed by atoms with van der Waals surface area (Å²) in [7, 11) is 0. The molecular weight excluding hydrogens is 293 g/mol. The predicted octanol–water partition coefficient (Wildman–Crippen LogP) is 3.27. The Labute approximate surface area is 124 Å². The Morgan fingerprint density at radius 1 is 1.05 bits per heavy atom. The van der Waals surface area contributed by atoms with Crippen LogP contribution in [0.3, 0.4) is 0 Å². The van der Waals surface area contributed by atoms with E-state index in [2.05, 4.69) is 20.5 Å². The van der Waals surface area contributed by atoms with E-state index in [4.69, 9.17) is 0 Å². The van der Waals surface area contributed by atoms with Gasteiger partial charge in [0, 0.05) is 24.7 Å². The first-order valence-electron chi connectivity index (χ1n) is 6.67. The number of halogens is 3. The zero-order chi connectivity index (χ0) is 15.6. The van der Waals surface area contributed by atoms with Crippen molar-refractivity contribution in [2.75, 3.05) is 0 Å². The molecule has 2 heterocycles. The lowest BCUT2D eigenvalue weighted by Crippen LogP contribution is -2.14. The zero-order valence-corrected chi connectivity index (χ0v) is 11.5. The van der Waals surface area contributed by atoms with Crippen LogP contribution in [0.1, 0.15) is 16.8 Å². The predicted molar refractivity (Wildman–Crippen MR) is 75.9 cm³/mol. The summed E-state index contributed by atoms with van der Waals surface area (Å²) in [6, 6.07) is 8.34. The molecule has 4 nitrogen and oxygen atoms in total. The first-order valence-corrected chi connectivity index (χ1v) is 6.67. The maximum atomic E-state index is 12.4. The minimum atomic E-state index is -4.35. The van der Waals surface area contributed by atoms with Crippen LogP contribution in [0.4, 0.5) is 13.2 Å². The zero-order valence-electron chi connectivity index (χ0n) is 11.5. The van der Waals surface area contributed by atoms with E-state index < -0.39 is 11.7 Å². The molecule has 3 rings (SSSR count). The molecule has 7 heteroatoms. The molecule has 0 aliphatic carbocycles. The number of H-pyrrole nitrogens is 1. The second-order valence-electron chi connectivity index (χ2n) is 4.93. The molecule has 0 spiro atoms. The lowest BCUT2D eigenvalue weighted by molar-refractivity contribution is -0.137. The van der Waals surface area contributed by atoms with Crippen LogP contribution in [-0.4, -0.2) is 15.2 Å². The molecule has 0 atom stereocenters. The third-order valence-electron chi connectivity index (χ3n) is 3.29. The van der Waals surface area contributed by atoms with Gasteiger partial charge in [-0.1, -0.05) is 6.07 Å². The van der Waals surface area contributed by atoms with E-state index in [0.29, 0.717) is 18.8 Å². The second kappa shape index (κ2) is 5.76. The summed E-state index contributed by atoms with van der Waals surface area (Å²) in [6.07, 6.45) is -1.75. The van der Waals surface area contributed by atoms with E-state index in [1.165, 1.54) is 6.07 Å². The molecule has 0 aliphatic heterocycles. The highest BCUT2D eigenvalue weighted by Gasteiger charge is 2.30. The average Bonchev–Trinajstić information content (AvgIpc) is 2.94. The van der Waals surface area contributed by atoms with E-state index in [9.17, 15) is 13.2 Å². The van der Waals surface area contributed by atoms with E-state index >= 15 is 0 Å². The Kier molecular flexibility index (Phi) is 3.81. The second-order valence-corrected chi connectivity index (χ2v) is 4.93. The van der Waals surface area contributed by atoms with Gasteiger partial charge < -0.3 is 5.32 Å². The third kappa shape index (κ3) is 3.25. The number of hydrogen-bond acceptors (Lipinski definition) is 3. The van der Waals surface area contributed by atoms with Crippen molar-refractivity contribution in [2.24, 2.45) is 0 Å². The van der Waals surface area contributed by atoms with Crippen LogP contribution in [0.2, 0.25) is 0 Å². The standard InChI is InChI=1S/C15H13F3N4/c16-15(17,18)12-2-3-13(20-8-12)9-19-6-10-1-4-14-11(5-10)7-21-22-14/h1-5,7-8,19H,6,9H2,(H,21,22). The third-order valence-corrected chi connectivity index (χ3v) is 3.29. The smallest absolute Gasteiger partial charge is 0.307 e. The highest BCUT2D eigenvalue weighted by Crippen LogP contribution is 2.28. The average molecular weight is 306 g/mol. The van der Waals surface area contributed by atoms with Gasteiger partial charge in [-0.15, -0.1) is 0 Å². The number of fused-ring (bicyclic) bond motifs is 1. The van der Waals surface area contributed by atoms with Crippen LogP contribution in [0.15, 0.2) is 42.7 Å². The van der Waals surface area contributed by atoms with Gasteiger partial charge in [0.25, 0.3) is 0 Å². The van der Waals surface area contributed by atoms with Crippen molar-refractivity contribution < 1.29 is 13.2 Å². The van der Waals surface area contributed by atoms with E-state index in [1.807, 2.05) is 18.2 Å². The van der Waals surface area contributed by atoms with Gasteiger partial charge in [0.1, 0.15) is 0 Å². The van der Waals surface area contributed by atoms with Crippen LogP contribution in [0, 0.1) is 0 Å². The summed E-state index contributed by atoms with van der Waals surface area (Å²) in [5.41, 5.74) is 1.87. The molecule has 0 fully saturated rings. The Hall–Kier alpha value is -2.41. The van der Waals surface area contributed by atoms with E-state index in [0.717, 1.165) is 28.7 Å². The number of benzene rings is 1. The SMILES string of the molecule is FC(F)(F)c1ccc(CNCc2ccc3[nH]ncc3c2)nc1. The lowest BCUT2D eigenvalue weighted by Gasteiger charge is -2.08. The number of hydrogen-bond donors (Lipinski definition) is 2. The molecule has 0 saturated heterocycles. The van der Waals surface area contributed by atoms with Crippen molar-refractivity contribution >= 4 is 10.9 Å². The summed E-state index contributed by atoms with van der Waals surface area (Å²) in [5, 5.41) is 11.0. The molecule has 0 amide bonds. The van der Waals surface area contributed by atoms with Crippen molar-refractivity contribution in [1.82, 2.24) is 20.5 Å². The van der Waals surface area contributed by atoms with Gasteiger partial charge in [-0.25, -0.2) is 0 Å². The number of aromatic nitrogens is 3. The Morgan fingerprint density at radius 2 is 1.91 bits per heavy atom. The molecule has 2 N–H and O–H groups in total. The topological polar surface area (TPSA) is 53.6 Å². The Bertz CT molecular complexity index is 762. The minimum Gasteiger partial charge on any atom is -0.307 e. The summed E-state index contributed by atoms with van der Waals surface area (Å²) in [4.78, 5) is 3.82. The quantitative estimate of drug-likeness (QED) is 0.778. The number of rotatable bonds is 4. The molecule has 114 valence electrons. The van der Waals surface area contributed by atoms with Crippen LogP contribution in [0.25, 0.3) is 10.9 Å². The first-order chi connectivity index (χ1) is 10.5. The summed E-state index contributed by atoms with van der Waals surface area (Å²) in [6.45, 7) is 1.01. The first kappa shape index (κ1) is 14.5. The normalized spacial score (nSPS) is 12.0. The molecule has 1 aromatic carbocycles. The summed E-state index contributed by atoms with van der Waals surface area (Å²) >= 11 is 0. The van der Waals surface area contributed by atoms with Crippen molar-refractivity contribution in [1.29, 1.82) is 0 Å². The molecule has 0 bridgehead atoms. The maximum absolute atomic E-state index is 12.4. The van der Waals surface area contributed by atoms with Crippen molar-refractivity contribution in [3.8, 4) is 0 Å². The molecule has 0 radical (unpaired) electrons. The summed E-state index contributed by atoms with van der Waals surface area (Å²) in [5.74, 6) is 0. The fourth-order valence-corrected chi connectivity index (χ4v) is 2.13. The van der Waals surface area contributed by atoms with Crippen molar-refractivity contribution in [3.05, 3.63) is 59.5 Å².